The highest BCUT2D eigenvalue weighted by Gasteiger charge is 2.25. The number of rotatable bonds is 11. The molecule has 42 heavy (non-hydrogen) atoms. The molecule has 1 aromatic heterocycles. The van der Waals surface area contributed by atoms with E-state index in [1.54, 1.807) is 0 Å². The fraction of sp³-hybridized carbons (Fsp3) is 0.452. The van der Waals surface area contributed by atoms with Crippen LogP contribution in [0.25, 0.3) is 11.0 Å². The summed E-state index contributed by atoms with van der Waals surface area (Å²) in [5, 5.41) is 21.2. The highest BCUT2D eigenvalue weighted by atomic mass is 16.7. The first-order valence-electron chi connectivity index (χ1n) is 14.1. The van der Waals surface area contributed by atoms with E-state index in [0.717, 1.165) is 85.3 Å². The predicted molar refractivity (Wildman–Crippen MR) is 157 cm³/mol. The van der Waals surface area contributed by atoms with E-state index in [0.29, 0.717) is 18.8 Å². The fourth-order valence-electron chi connectivity index (χ4n) is 5.14. The molecular weight excluding hydrogens is 542 g/mol. The van der Waals surface area contributed by atoms with E-state index in [2.05, 4.69) is 28.3 Å². The second kappa shape index (κ2) is 15.3. The van der Waals surface area contributed by atoms with Crippen LogP contribution in [0.5, 0.6) is 5.75 Å². The number of hydrogen-bond donors (Lipinski definition) is 2. The van der Waals surface area contributed by atoms with Crippen LogP contribution in [-0.4, -0.2) is 85.4 Å². The van der Waals surface area contributed by atoms with Crippen molar-refractivity contribution in [2.45, 2.75) is 38.6 Å². The minimum Gasteiger partial charge on any atom is -0.487 e. The van der Waals surface area contributed by atoms with Crippen molar-refractivity contribution in [1.29, 1.82) is 0 Å². The van der Waals surface area contributed by atoms with Gasteiger partial charge in [-0.2, -0.15) is 0 Å². The van der Waals surface area contributed by atoms with Crippen molar-refractivity contribution in [2.75, 3.05) is 51.8 Å². The van der Waals surface area contributed by atoms with Crippen LogP contribution in [0, 0.1) is 5.92 Å². The largest absolute Gasteiger partial charge is 0.487 e. The summed E-state index contributed by atoms with van der Waals surface area (Å²) >= 11 is 0. The van der Waals surface area contributed by atoms with Gasteiger partial charge in [-0.15, -0.1) is 0 Å². The lowest BCUT2D eigenvalue weighted by molar-refractivity contribution is -0.134. The molecule has 11 nitrogen and oxygen atoms in total. The number of piperidine rings is 1. The molecule has 2 aliphatic heterocycles. The van der Waals surface area contributed by atoms with Crippen molar-refractivity contribution in [1.82, 2.24) is 10.1 Å². The molecule has 2 aliphatic rings. The van der Waals surface area contributed by atoms with Gasteiger partial charge in [0.05, 0.1) is 18.9 Å². The molecule has 0 spiro atoms. The molecule has 0 aliphatic carbocycles. The van der Waals surface area contributed by atoms with Crippen LogP contribution in [0.15, 0.2) is 59.1 Å². The summed E-state index contributed by atoms with van der Waals surface area (Å²) in [7, 11) is 4.03. The van der Waals surface area contributed by atoms with Crippen LogP contribution in [0.4, 0.5) is 5.69 Å². The van der Waals surface area contributed by atoms with Gasteiger partial charge in [-0.25, -0.2) is 9.59 Å². The van der Waals surface area contributed by atoms with E-state index in [4.69, 9.17) is 28.9 Å². The molecule has 2 aromatic carbocycles. The molecule has 2 saturated heterocycles. The quantitative estimate of drug-likeness (QED) is 0.316. The van der Waals surface area contributed by atoms with Crippen molar-refractivity contribution < 1.29 is 38.5 Å². The number of benzene rings is 2. The second-order valence-corrected chi connectivity index (χ2v) is 10.6. The van der Waals surface area contributed by atoms with E-state index in [1.165, 1.54) is 12.8 Å². The van der Waals surface area contributed by atoms with E-state index in [9.17, 15) is 9.59 Å². The van der Waals surface area contributed by atoms with Gasteiger partial charge in [0.1, 0.15) is 18.0 Å². The molecule has 0 amide bonds. The predicted octanol–water partition coefficient (Wildman–Crippen LogP) is 4.20. The number of carboxylic acid groups (broad SMARTS) is 2. The molecule has 0 saturated carbocycles. The van der Waals surface area contributed by atoms with Crippen LogP contribution >= 0.6 is 0 Å². The Labute approximate surface area is 245 Å². The highest BCUT2D eigenvalue weighted by Crippen LogP contribution is 2.38. The van der Waals surface area contributed by atoms with Crippen molar-refractivity contribution in [3.05, 3.63) is 65.9 Å². The molecule has 0 atom stereocenters. The standard InChI is InChI=1S/C27H35N3O4.C4H4O4/c1-29(2)26-24(33-19-21-6-4-3-5-7-21)11-9-22-23(28-34-27(22)26)10-8-20-12-14-30(15-13-20)18-25-31-16-17-32-25;5-3(6)1-2-4(7)8/h3-7,9,11,20,25H,8,10,12-19H2,1-2H3;1-2H,(H,5,6)(H,7,8)/b;2-1+. The minimum absolute atomic E-state index is 0.0366. The summed E-state index contributed by atoms with van der Waals surface area (Å²) in [5.74, 6) is -0.985. The third-order valence-electron chi connectivity index (χ3n) is 7.30. The Hall–Kier alpha value is -3.93. The molecule has 0 radical (unpaired) electrons. The molecule has 11 heteroatoms. The van der Waals surface area contributed by atoms with E-state index < -0.39 is 11.9 Å². The average molecular weight is 582 g/mol. The van der Waals surface area contributed by atoms with Crippen LogP contribution in [0.2, 0.25) is 0 Å². The maximum atomic E-state index is 9.55. The van der Waals surface area contributed by atoms with Gasteiger partial charge < -0.3 is 33.8 Å². The normalized spacial score (nSPS) is 16.4. The maximum absolute atomic E-state index is 9.55. The van der Waals surface area contributed by atoms with Gasteiger partial charge in [-0.1, -0.05) is 35.5 Å². The number of anilines is 1. The fourth-order valence-corrected chi connectivity index (χ4v) is 5.14. The van der Waals surface area contributed by atoms with E-state index >= 15 is 0 Å². The molecule has 2 N–H and O–H groups in total. The molecule has 5 rings (SSSR count). The first-order chi connectivity index (χ1) is 20.3. The number of aromatic nitrogens is 1. The highest BCUT2D eigenvalue weighted by molar-refractivity contribution is 5.94. The number of hydrogen-bond acceptors (Lipinski definition) is 9. The Morgan fingerprint density at radius 2 is 1.69 bits per heavy atom. The first kappa shape index (κ1) is 31.0. The third-order valence-corrected chi connectivity index (χ3v) is 7.30. The Balaban J connectivity index is 0.000000446. The van der Waals surface area contributed by atoms with Gasteiger partial charge in [-0.3, -0.25) is 4.90 Å². The maximum Gasteiger partial charge on any atom is 0.328 e. The molecule has 3 heterocycles. The topological polar surface area (TPSA) is 135 Å². The lowest BCUT2D eigenvalue weighted by Crippen LogP contribution is -2.39. The van der Waals surface area contributed by atoms with Gasteiger partial charge >= 0.3 is 11.9 Å². The summed E-state index contributed by atoms with van der Waals surface area (Å²) in [6.45, 7) is 5.08. The lowest BCUT2D eigenvalue weighted by Gasteiger charge is -2.32. The molecular formula is C31H39N3O8. The zero-order chi connectivity index (χ0) is 29.9. The number of ether oxygens (including phenoxy) is 3. The van der Waals surface area contributed by atoms with Gasteiger partial charge in [-0.05, 0) is 62.4 Å². The summed E-state index contributed by atoms with van der Waals surface area (Å²) in [5.41, 5.74) is 3.93. The van der Waals surface area contributed by atoms with Crippen molar-refractivity contribution in [3.63, 3.8) is 0 Å². The summed E-state index contributed by atoms with van der Waals surface area (Å²) in [6, 6.07) is 14.4. The van der Waals surface area contributed by atoms with Gasteiger partial charge in [0.2, 0.25) is 0 Å². The van der Waals surface area contributed by atoms with Gasteiger partial charge in [0.25, 0.3) is 0 Å². The van der Waals surface area contributed by atoms with Crippen molar-refractivity contribution >= 4 is 28.6 Å². The number of likely N-dealkylation sites (tertiary alicyclic amines) is 1. The zero-order valence-corrected chi connectivity index (χ0v) is 24.1. The van der Waals surface area contributed by atoms with E-state index in [1.807, 2.05) is 43.3 Å². The Morgan fingerprint density at radius 3 is 2.31 bits per heavy atom. The zero-order valence-electron chi connectivity index (χ0n) is 24.1. The average Bonchev–Trinajstić information content (AvgIpc) is 3.65. The SMILES string of the molecule is CN(C)c1c(OCc2ccccc2)ccc2c(CCC3CCN(CC4OCCO4)CC3)noc12.O=C(O)/C=C/C(=O)O. The van der Waals surface area contributed by atoms with Crippen LogP contribution in [0.3, 0.4) is 0 Å². The number of fused-ring (bicyclic) bond motifs is 1. The molecule has 2 fully saturated rings. The Kier molecular flexibility index (Phi) is 11.3. The number of carboxylic acids is 2. The summed E-state index contributed by atoms with van der Waals surface area (Å²) in [4.78, 5) is 23.6. The molecule has 3 aromatic rings. The number of aliphatic carboxylic acids is 2. The van der Waals surface area contributed by atoms with Crippen LogP contribution in [-0.2, 0) is 32.1 Å². The Bertz CT molecular complexity index is 1310. The second-order valence-electron chi connectivity index (χ2n) is 10.6. The van der Waals surface area contributed by atoms with Crippen LogP contribution in [0.1, 0.15) is 30.5 Å². The minimum atomic E-state index is -1.26. The number of carbonyl (C=O) groups is 2. The van der Waals surface area contributed by atoms with Crippen molar-refractivity contribution in [2.24, 2.45) is 5.92 Å². The van der Waals surface area contributed by atoms with Gasteiger partial charge in [0, 0.05) is 38.2 Å². The lowest BCUT2D eigenvalue weighted by atomic mass is 9.91. The number of nitrogens with zero attached hydrogens (tertiary/aromatic N) is 3. The van der Waals surface area contributed by atoms with Crippen LogP contribution < -0.4 is 9.64 Å². The Morgan fingerprint density at radius 1 is 1.02 bits per heavy atom. The molecule has 0 unspecified atom stereocenters. The molecule has 0 bridgehead atoms. The number of aryl methyl sites for hydroxylation is 1. The van der Waals surface area contributed by atoms with Crippen molar-refractivity contribution in [3.8, 4) is 5.75 Å². The van der Waals surface area contributed by atoms with E-state index in [-0.39, 0.29) is 6.29 Å². The monoisotopic (exact) mass is 581 g/mol. The molecule has 226 valence electrons. The third kappa shape index (κ3) is 9.04. The first-order valence-corrected chi connectivity index (χ1v) is 14.1. The smallest absolute Gasteiger partial charge is 0.328 e. The van der Waals surface area contributed by atoms with Gasteiger partial charge in [0.15, 0.2) is 11.9 Å². The summed E-state index contributed by atoms with van der Waals surface area (Å²) in [6.07, 6.45) is 5.57. The summed E-state index contributed by atoms with van der Waals surface area (Å²) < 4.78 is 23.2.